The number of aryl methyl sites for hydroxylation is 1. The Morgan fingerprint density at radius 3 is 2.33 bits per heavy atom. The number of aromatic nitrogens is 2. The van der Waals surface area contributed by atoms with Crippen molar-refractivity contribution in [2.45, 2.75) is 6.92 Å². The average molecular weight is 392 g/mol. The standard InChI is InChI=1S/C17H12ClF2N5O2/c1-9-2-3-10(18)6-14(9)24-17-15(25(26)27)16(21-8-22-17)23-13-5-4-11(19)7-12(13)20/h2-8H,1H3,(H2,21,22,23,24). The van der Waals surface area contributed by atoms with Gasteiger partial charge in [-0.05, 0) is 36.8 Å². The van der Waals surface area contributed by atoms with Crippen LogP contribution < -0.4 is 10.6 Å². The van der Waals surface area contributed by atoms with Crippen LogP contribution in [0.25, 0.3) is 0 Å². The average Bonchev–Trinajstić information content (AvgIpc) is 2.60. The van der Waals surface area contributed by atoms with E-state index in [0.29, 0.717) is 16.8 Å². The summed E-state index contributed by atoms with van der Waals surface area (Å²) in [6, 6.07) is 7.81. The van der Waals surface area contributed by atoms with Gasteiger partial charge in [-0.25, -0.2) is 18.7 Å². The molecule has 138 valence electrons. The third-order valence-electron chi connectivity index (χ3n) is 3.64. The molecular formula is C17H12ClF2N5O2. The maximum Gasteiger partial charge on any atom is 0.353 e. The molecule has 27 heavy (non-hydrogen) atoms. The molecule has 0 aliphatic carbocycles. The van der Waals surface area contributed by atoms with E-state index in [1.807, 2.05) is 0 Å². The number of benzene rings is 2. The maximum atomic E-state index is 13.9. The van der Waals surface area contributed by atoms with Crippen LogP contribution in [-0.4, -0.2) is 14.9 Å². The Kier molecular flexibility index (Phi) is 5.13. The van der Waals surface area contributed by atoms with Gasteiger partial charge < -0.3 is 10.6 Å². The van der Waals surface area contributed by atoms with Crippen molar-refractivity contribution in [1.29, 1.82) is 0 Å². The summed E-state index contributed by atoms with van der Waals surface area (Å²) < 4.78 is 26.9. The Morgan fingerprint density at radius 2 is 1.70 bits per heavy atom. The molecule has 0 fully saturated rings. The second kappa shape index (κ2) is 7.50. The number of halogens is 3. The summed E-state index contributed by atoms with van der Waals surface area (Å²) in [5, 5.41) is 17.4. The number of nitrogens with one attached hydrogen (secondary N) is 2. The molecule has 0 saturated heterocycles. The molecule has 2 aromatic carbocycles. The lowest BCUT2D eigenvalue weighted by Gasteiger charge is -2.12. The molecule has 0 radical (unpaired) electrons. The van der Waals surface area contributed by atoms with Crippen LogP contribution in [0.4, 0.5) is 37.5 Å². The summed E-state index contributed by atoms with van der Waals surface area (Å²) in [6.07, 6.45) is 1.08. The van der Waals surface area contributed by atoms with Crippen LogP contribution in [0.5, 0.6) is 0 Å². The van der Waals surface area contributed by atoms with E-state index in [0.717, 1.165) is 24.0 Å². The lowest BCUT2D eigenvalue weighted by molar-refractivity contribution is -0.383. The highest BCUT2D eigenvalue weighted by Gasteiger charge is 2.24. The predicted molar refractivity (Wildman–Crippen MR) is 97.8 cm³/mol. The molecule has 0 amide bonds. The van der Waals surface area contributed by atoms with Gasteiger partial charge in [0.05, 0.1) is 10.6 Å². The van der Waals surface area contributed by atoms with Crippen LogP contribution in [0, 0.1) is 28.7 Å². The first kappa shape index (κ1) is 18.5. The second-order valence-corrected chi connectivity index (χ2v) is 5.95. The van der Waals surface area contributed by atoms with E-state index in [9.17, 15) is 18.9 Å². The Hall–Kier alpha value is -3.33. The van der Waals surface area contributed by atoms with Crippen molar-refractivity contribution in [1.82, 2.24) is 9.97 Å². The van der Waals surface area contributed by atoms with Crippen LogP contribution in [0.2, 0.25) is 5.02 Å². The lowest BCUT2D eigenvalue weighted by Crippen LogP contribution is -2.06. The van der Waals surface area contributed by atoms with Gasteiger partial charge in [0.25, 0.3) is 0 Å². The monoisotopic (exact) mass is 391 g/mol. The van der Waals surface area contributed by atoms with Gasteiger partial charge in [0.2, 0.25) is 11.6 Å². The third kappa shape index (κ3) is 4.09. The fourth-order valence-electron chi connectivity index (χ4n) is 2.31. The van der Waals surface area contributed by atoms with Crippen LogP contribution in [0.15, 0.2) is 42.7 Å². The molecular weight excluding hydrogens is 380 g/mol. The number of rotatable bonds is 5. The molecule has 1 heterocycles. The minimum atomic E-state index is -0.914. The Labute approximate surface area is 157 Å². The van der Waals surface area contributed by atoms with E-state index in [-0.39, 0.29) is 17.3 Å². The Balaban J connectivity index is 2.02. The fraction of sp³-hybridized carbons (Fsp3) is 0.0588. The normalized spacial score (nSPS) is 10.5. The van der Waals surface area contributed by atoms with Gasteiger partial charge in [0.1, 0.15) is 18.0 Å². The van der Waals surface area contributed by atoms with Crippen molar-refractivity contribution in [3.8, 4) is 0 Å². The van der Waals surface area contributed by atoms with E-state index in [4.69, 9.17) is 11.6 Å². The Bertz CT molecular complexity index is 1030. The molecule has 3 rings (SSSR count). The van der Waals surface area contributed by atoms with E-state index in [1.165, 1.54) is 0 Å². The molecule has 2 N–H and O–H groups in total. The highest BCUT2D eigenvalue weighted by Crippen LogP contribution is 2.34. The van der Waals surface area contributed by atoms with E-state index in [2.05, 4.69) is 20.6 Å². The number of nitrogens with zero attached hydrogens (tertiary/aromatic N) is 3. The van der Waals surface area contributed by atoms with Crippen LogP contribution in [0.3, 0.4) is 0 Å². The highest BCUT2D eigenvalue weighted by atomic mass is 35.5. The molecule has 0 atom stereocenters. The van der Waals surface area contributed by atoms with E-state index >= 15 is 0 Å². The maximum absolute atomic E-state index is 13.9. The largest absolute Gasteiger partial charge is 0.353 e. The molecule has 1 aromatic heterocycles. The Morgan fingerprint density at radius 1 is 1.04 bits per heavy atom. The minimum Gasteiger partial charge on any atom is -0.334 e. The van der Waals surface area contributed by atoms with Gasteiger partial charge in [-0.1, -0.05) is 17.7 Å². The fourth-order valence-corrected chi connectivity index (χ4v) is 2.48. The molecule has 3 aromatic rings. The molecule has 0 spiro atoms. The van der Waals surface area contributed by atoms with E-state index in [1.54, 1.807) is 25.1 Å². The topological polar surface area (TPSA) is 93.0 Å². The molecule has 7 nitrogen and oxygen atoms in total. The van der Waals surface area contributed by atoms with Gasteiger partial charge >= 0.3 is 5.69 Å². The number of hydrogen-bond acceptors (Lipinski definition) is 6. The van der Waals surface area contributed by atoms with Crippen molar-refractivity contribution in [2.75, 3.05) is 10.6 Å². The van der Waals surface area contributed by atoms with Crippen LogP contribution >= 0.6 is 11.6 Å². The van der Waals surface area contributed by atoms with Crippen LogP contribution in [0.1, 0.15) is 5.56 Å². The van der Waals surface area contributed by atoms with Crippen LogP contribution in [-0.2, 0) is 0 Å². The number of hydrogen-bond donors (Lipinski definition) is 2. The summed E-state index contributed by atoms with van der Waals surface area (Å²) in [5.41, 5.74) is 0.637. The summed E-state index contributed by atoms with van der Waals surface area (Å²) >= 11 is 5.96. The van der Waals surface area contributed by atoms with E-state index < -0.39 is 22.2 Å². The first-order chi connectivity index (χ1) is 12.8. The number of anilines is 4. The van der Waals surface area contributed by atoms with Gasteiger partial charge in [-0.15, -0.1) is 0 Å². The third-order valence-corrected chi connectivity index (χ3v) is 3.88. The minimum absolute atomic E-state index is 0.106. The smallest absolute Gasteiger partial charge is 0.334 e. The van der Waals surface area contributed by atoms with Crippen molar-refractivity contribution in [3.63, 3.8) is 0 Å². The number of nitro groups is 1. The summed E-state index contributed by atoms with van der Waals surface area (Å²) in [7, 11) is 0. The van der Waals surface area contributed by atoms with Gasteiger partial charge in [0.15, 0.2) is 0 Å². The second-order valence-electron chi connectivity index (χ2n) is 5.51. The first-order valence-electron chi connectivity index (χ1n) is 7.60. The van der Waals surface area contributed by atoms with Crippen molar-refractivity contribution in [3.05, 3.63) is 75.1 Å². The van der Waals surface area contributed by atoms with Gasteiger partial charge in [0, 0.05) is 16.8 Å². The SMILES string of the molecule is Cc1ccc(Cl)cc1Nc1ncnc(Nc2ccc(F)cc2F)c1[N+](=O)[O-]. The van der Waals surface area contributed by atoms with Crippen molar-refractivity contribution >= 4 is 40.3 Å². The molecule has 0 saturated carbocycles. The zero-order chi connectivity index (χ0) is 19.6. The molecule has 0 bridgehead atoms. The molecule has 10 heteroatoms. The molecule has 0 unspecified atom stereocenters. The van der Waals surface area contributed by atoms with Gasteiger partial charge in [-0.3, -0.25) is 10.1 Å². The summed E-state index contributed by atoms with van der Waals surface area (Å²) in [5.74, 6) is -2.04. The lowest BCUT2D eigenvalue weighted by atomic mass is 10.2. The van der Waals surface area contributed by atoms with Gasteiger partial charge in [-0.2, -0.15) is 0 Å². The molecule has 0 aliphatic rings. The van der Waals surface area contributed by atoms with Crippen molar-refractivity contribution in [2.24, 2.45) is 0 Å². The quantitative estimate of drug-likeness (QED) is 0.463. The highest BCUT2D eigenvalue weighted by molar-refractivity contribution is 6.30. The summed E-state index contributed by atoms with van der Waals surface area (Å²) in [4.78, 5) is 18.6. The molecule has 0 aliphatic heterocycles. The predicted octanol–water partition coefficient (Wildman–Crippen LogP) is 5.11. The zero-order valence-electron chi connectivity index (χ0n) is 13.8. The zero-order valence-corrected chi connectivity index (χ0v) is 14.6. The first-order valence-corrected chi connectivity index (χ1v) is 7.97. The summed E-state index contributed by atoms with van der Waals surface area (Å²) in [6.45, 7) is 1.79. The van der Waals surface area contributed by atoms with Crippen molar-refractivity contribution < 1.29 is 13.7 Å².